The number of likely N-dealkylation sites (N-methyl/N-ethyl adjacent to an activating group) is 1. The van der Waals surface area contributed by atoms with Crippen LogP contribution in [0.1, 0.15) is 6.92 Å². The fourth-order valence-corrected chi connectivity index (χ4v) is 2.02. The number of halogens is 1. The van der Waals surface area contributed by atoms with E-state index in [9.17, 15) is 9.59 Å². The summed E-state index contributed by atoms with van der Waals surface area (Å²) < 4.78 is 0.707. The SMILES string of the molecule is CCN(CC(N)=O)CC(=O)Nc1ccc(N)cc1Br. The van der Waals surface area contributed by atoms with Gasteiger partial charge in [-0.25, -0.2) is 0 Å². The van der Waals surface area contributed by atoms with Crippen molar-refractivity contribution in [3.63, 3.8) is 0 Å². The van der Waals surface area contributed by atoms with Crippen LogP contribution in [0.2, 0.25) is 0 Å². The molecule has 0 bridgehead atoms. The predicted octanol–water partition coefficient (Wildman–Crippen LogP) is 0.777. The third-order valence-electron chi connectivity index (χ3n) is 2.46. The number of nitrogens with two attached hydrogens (primary N) is 2. The molecule has 1 aromatic carbocycles. The molecule has 1 aromatic rings. The van der Waals surface area contributed by atoms with Gasteiger partial charge in [-0.2, -0.15) is 0 Å². The molecule has 0 aliphatic heterocycles. The normalized spacial score (nSPS) is 10.5. The number of hydrogen-bond acceptors (Lipinski definition) is 4. The Morgan fingerprint density at radius 2 is 2.05 bits per heavy atom. The number of anilines is 2. The van der Waals surface area contributed by atoms with Crippen LogP contribution >= 0.6 is 15.9 Å². The van der Waals surface area contributed by atoms with Gasteiger partial charge in [0.1, 0.15) is 0 Å². The van der Waals surface area contributed by atoms with E-state index in [1.54, 1.807) is 23.1 Å². The third-order valence-corrected chi connectivity index (χ3v) is 3.12. The van der Waals surface area contributed by atoms with Crippen molar-refractivity contribution >= 4 is 39.1 Å². The van der Waals surface area contributed by atoms with Gasteiger partial charge in [0.2, 0.25) is 11.8 Å². The Morgan fingerprint density at radius 1 is 1.37 bits per heavy atom. The number of carbonyl (C=O) groups excluding carboxylic acids is 2. The molecule has 0 aliphatic rings. The first kappa shape index (κ1) is 15.5. The van der Waals surface area contributed by atoms with Gasteiger partial charge >= 0.3 is 0 Å². The van der Waals surface area contributed by atoms with Crippen LogP contribution in [0.3, 0.4) is 0 Å². The lowest BCUT2D eigenvalue weighted by Gasteiger charge is -2.18. The van der Waals surface area contributed by atoms with Crippen LogP contribution in [0.25, 0.3) is 0 Å². The molecule has 0 fully saturated rings. The number of nitrogens with zero attached hydrogens (tertiary/aromatic N) is 1. The van der Waals surface area contributed by atoms with E-state index >= 15 is 0 Å². The van der Waals surface area contributed by atoms with Gasteiger partial charge in [0, 0.05) is 10.2 Å². The van der Waals surface area contributed by atoms with Crippen molar-refractivity contribution in [2.75, 3.05) is 30.7 Å². The predicted molar refractivity (Wildman–Crippen MR) is 78.5 cm³/mol. The van der Waals surface area contributed by atoms with Crippen LogP contribution in [0.15, 0.2) is 22.7 Å². The third kappa shape index (κ3) is 5.27. The molecule has 2 amide bonds. The maximum atomic E-state index is 11.8. The second-order valence-corrected chi connectivity index (χ2v) is 4.91. The van der Waals surface area contributed by atoms with E-state index in [-0.39, 0.29) is 19.0 Å². The Labute approximate surface area is 120 Å². The van der Waals surface area contributed by atoms with Gasteiger partial charge in [-0.3, -0.25) is 14.5 Å². The monoisotopic (exact) mass is 328 g/mol. The van der Waals surface area contributed by atoms with Crippen LogP contribution in [0, 0.1) is 0 Å². The summed E-state index contributed by atoms with van der Waals surface area (Å²) in [5.74, 6) is -0.670. The van der Waals surface area contributed by atoms with Gasteiger partial charge < -0.3 is 16.8 Å². The number of carbonyl (C=O) groups is 2. The van der Waals surface area contributed by atoms with Crippen LogP contribution in [-0.4, -0.2) is 36.3 Å². The first-order valence-electron chi connectivity index (χ1n) is 5.78. The van der Waals surface area contributed by atoms with Crippen molar-refractivity contribution in [3.05, 3.63) is 22.7 Å². The second kappa shape index (κ2) is 7.10. The molecule has 0 unspecified atom stereocenters. The lowest BCUT2D eigenvalue weighted by molar-refractivity contribution is -0.121. The molecule has 0 aliphatic carbocycles. The number of hydrogen-bond donors (Lipinski definition) is 3. The molecule has 104 valence electrons. The topological polar surface area (TPSA) is 101 Å². The molecule has 19 heavy (non-hydrogen) atoms. The first-order chi connectivity index (χ1) is 8.92. The lowest BCUT2D eigenvalue weighted by atomic mass is 10.3. The number of nitrogen functional groups attached to an aromatic ring is 1. The molecule has 0 saturated heterocycles. The molecular formula is C12H17BrN4O2. The Morgan fingerprint density at radius 3 is 2.58 bits per heavy atom. The van der Waals surface area contributed by atoms with Gasteiger partial charge in [-0.05, 0) is 40.7 Å². The van der Waals surface area contributed by atoms with E-state index in [2.05, 4.69) is 21.2 Å². The summed E-state index contributed by atoms with van der Waals surface area (Å²) in [7, 11) is 0. The van der Waals surface area contributed by atoms with Crippen molar-refractivity contribution in [2.24, 2.45) is 5.73 Å². The zero-order chi connectivity index (χ0) is 14.4. The van der Waals surface area contributed by atoms with Gasteiger partial charge in [0.25, 0.3) is 0 Å². The summed E-state index contributed by atoms with van der Waals surface area (Å²) >= 11 is 3.32. The van der Waals surface area contributed by atoms with E-state index in [0.717, 1.165) is 0 Å². The second-order valence-electron chi connectivity index (χ2n) is 4.06. The summed E-state index contributed by atoms with van der Waals surface area (Å²) in [4.78, 5) is 24.3. The molecule has 0 heterocycles. The van der Waals surface area contributed by atoms with E-state index in [4.69, 9.17) is 11.5 Å². The fraction of sp³-hybridized carbons (Fsp3) is 0.333. The molecule has 0 aromatic heterocycles. The fourth-order valence-electron chi connectivity index (χ4n) is 1.53. The molecule has 7 heteroatoms. The van der Waals surface area contributed by atoms with Crippen LogP contribution < -0.4 is 16.8 Å². The van der Waals surface area contributed by atoms with Gasteiger partial charge in [0.05, 0.1) is 18.8 Å². The highest BCUT2D eigenvalue weighted by Crippen LogP contribution is 2.24. The molecule has 0 saturated carbocycles. The summed E-state index contributed by atoms with van der Waals surface area (Å²) in [6, 6.07) is 5.11. The summed E-state index contributed by atoms with van der Waals surface area (Å²) in [6.07, 6.45) is 0. The van der Waals surface area contributed by atoms with Crippen LogP contribution in [0.5, 0.6) is 0 Å². The summed E-state index contributed by atoms with van der Waals surface area (Å²) in [5, 5.41) is 2.74. The molecule has 1 rings (SSSR count). The maximum Gasteiger partial charge on any atom is 0.238 e. The van der Waals surface area contributed by atoms with Crippen molar-refractivity contribution in [3.8, 4) is 0 Å². The van der Waals surface area contributed by atoms with Crippen LogP contribution in [-0.2, 0) is 9.59 Å². The molecule has 0 atom stereocenters. The van der Waals surface area contributed by atoms with Crippen molar-refractivity contribution in [1.82, 2.24) is 4.90 Å². The Kier molecular flexibility index (Phi) is 5.78. The van der Waals surface area contributed by atoms with E-state index in [1.165, 1.54) is 0 Å². The quantitative estimate of drug-likeness (QED) is 0.671. The average molecular weight is 329 g/mol. The summed E-state index contributed by atoms with van der Waals surface area (Å²) in [5.41, 5.74) is 12.0. The number of primary amides is 1. The minimum absolute atomic E-state index is 0.0623. The lowest BCUT2D eigenvalue weighted by Crippen LogP contribution is -2.39. The first-order valence-corrected chi connectivity index (χ1v) is 6.57. The highest BCUT2D eigenvalue weighted by molar-refractivity contribution is 9.10. The molecule has 6 nitrogen and oxygen atoms in total. The summed E-state index contributed by atoms with van der Waals surface area (Å²) in [6.45, 7) is 2.59. The zero-order valence-corrected chi connectivity index (χ0v) is 12.2. The van der Waals surface area contributed by atoms with Crippen LogP contribution in [0.4, 0.5) is 11.4 Å². The minimum atomic E-state index is -0.455. The van der Waals surface area contributed by atoms with Crippen molar-refractivity contribution < 1.29 is 9.59 Å². The van der Waals surface area contributed by atoms with Crippen molar-refractivity contribution in [2.45, 2.75) is 6.92 Å². The number of nitrogens with one attached hydrogen (secondary N) is 1. The van der Waals surface area contributed by atoms with E-state index in [1.807, 2.05) is 6.92 Å². The maximum absolute atomic E-state index is 11.8. The molecule has 5 N–H and O–H groups in total. The number of rotatable bonds is 6. The zero-order valence-electron chi connectivity index (χ0n) is 10.6. The van der Waals surface area contributed by atoms with Gasteiger partial charge in [-0.1, -0.05) is 6.92 Å². The van der Waals surface area contributed by atoms with E-state index < -0.39 is 5.91 Å². The smallest absolute Gasteiger partial charge is 0.238 e. The Hall–Kier alpha value is -1.60. The highest BCUT2D eigenvalue weighted by atomic mass is 79.9. The van der Waals surface area contributed by atoms with E-state index in [0.29, 0.717) is 22.4 Å². The Bertz CT molecular complexity index is 479. The molecule has 0 spiro atoms. The number of amides is 2. The highest BCUT2D eigenvalue weighted by Gasteiger charge is 2.12. The average Bonchev–Trinajstić information content (AvgIpc) is 2.31. The van der Waals surface area contributed by atoms with Gasteiger partial charge in [-0.15, -0.1) is 0 Å². The van der Waals surface area contributed by atoms with Gasteiger partial charge in [0.15, 0.2) is 0 Å². The Balaban J connectivity index is 2.61. The van der Waals surface area contributed by atoms with Crippen molar-refractivity contribution in [1.29, 1.82) is 0 Å². The molecular weight excluding hydrogens is 312 g/mol. The number of benzene rings is 1. The molecule has 0 radical (unpaired) electrons. The standard InChI is InChI=1S/C12H17BrN4O2/c1-2-17(6-11(15)18)7-12(19)16-10-4-3-8(14)5-9(10)13/h3-5H,2,6-7,14H2,1H3,(H2,15,18)(H,16,19). The minimum Gasteiger partial charge on any atom is -0.399 e. The largest absolute Gasteiger partial charge is 0.399 e.